The third-order valence-electron chi connectivity index (χ3n) is 4.21. The summed E-state index contributed by atoms with van der Waals surface area (Å²) in [6, 6.07) is 0. The van der Waals surface area contributed by atoms with Gasteiger partial charge in [0.05, 0.1) is 5.60 Å². The molecule has 1 nitrogen and oxygen atoms in total. The van der Waals surface area contributed by atoms with E-state index in [9.17, 15) is 5.11 Å². The van der Waals surface area contributed by atoms with Crippen LogP contribution in [0.3, 0.4) is 0 Å². The average Bonchev–Trinajstić information content (AvgIpc) is 2.43. The van der Waals surface area contributed by atoms with Crippen LogP contribution in [0.25, 0.3) is 0 Å². The van der Waals surface area contributed by atoms with Gasteiger partial charge in [0.2, 0.25) is 0 Å². The molecule has 0 saturated heterocycles. The Morgan fingerprint density at radius 1 is 0.684 bits per heavy atom. The molecule has 0 bridgehead atoms. The first-order valence-electron chi connectivity index (χ1n) is 8.72. The van der Waals surface area contributed by atoms with Crippen molar-refractivity contribution in [3.8, 4) is 0 Å². The van der Waals surface area contributed by atoms with Crippen LogP contribution in [-0.4, -0.2) is 10.7 Å². The summed E-state index contributed by atoms with van der Waals surface area (Å²) >= 11 is 0. The number of hydrogen-bond acceptors (Lipinski definition) is 1. The minimum atomic E-state index is -0.462. The standard InChI is InChI=1S/C18H37O/c1-5-9-13-17(14-10-6-2)18(19,15-11-7-3)16-12-8-4/h19H,5-16H2,1-4H3. The quantitative estimate of drug-likeness (QED) is 0.431. The average molecular weight is 269 g/mol. The Morgan fingerprint density at radius 3 is 1.37 bits per heavy atom. The Labute approximate surface area is 122 Å². The maximum absolute atomic E-state index is 11.1. The lowest BCUT2D eigenvalue weighted by Gasteiger charge is -2.36. The van der Waals surface area contributed by atoms with Crippen LogP contribution in [0.4, 0.5) is 0 Å². The molecule has 115 valence electrons. The van der Waals surface area contributed by atoms with E-state index in [1.54, 1.807) is 0 Å². The molecular formula is C18H37O. The van der Waals surface area contributed by atoms with Gasteiger partial charge in [0.1, 0.15) is 0 Å². The monoisotopic (exact) mass is 269 g/mol. The third-order valence-corrected chi connectivity index (χ3v) is 4.21. The molecule has 0 heterocycles. The maximum atomic E-state index is 11.1. The van der Waals surface area contributed by atoms with Crippen LogP contribution in [0.15, 0.2) is 0 Å². The summed E-state index contributed by atoms with van der Waals surface area (Å²) in [5, 5.41) is 11.1. The van der Waals surface area contributed by atoms with Crippen LogP contribution in [0, 0.1) is 5.92 Å². The topological polar surface area (TPSA) is 20.2 Å². The van der Waals surface area contributed by atoms with Gasteiger partial charge in [0.25, 0.3) is 0 Å². The Kier molecular flexibility index (Phi) is 11.7. The van der Waals surface area contributed by atoms with E-state index >= 15 is 0 Å². The fraction of sp³-hybridized carbons (Fsp3) is 0.944. The molecule has 0 aromatic rings. The van der Waals surface area contributed by atoms with Crippen LogP contribution >= 0.6 is 0 Å². The molecule has 0 aliphatic heterocycles. The minimum Gasteiger partial charge on any atom is -0.389 e. The van der Waals surface area contributed by atoms with Crippen molar-refractivity contribution in [3.05, 3.63) is 5.92 Å². The van der Waals surface area contributed by atoms with Crippen molar-refractivity contribution in [3.63, 3.8) is 0 Å². The lowest BCUT2D eigenvalue weighted by atomic mass is 9.74. The van der Waals surface area contributed by atoms with E-state index in [1.807, 2.05) is 0 Å². The van der Waals surface area contributed by atoms with Gasteiger partial charge >= 0.3 is 0 Å². The molecule has 1 heteroatoms. The summed E-state index contributed by atoms with van der Waals surface area (Å²) in [6.45, 7) is 8.93. The summed E-state index contributed by atoms with van der Waals surface area (Å²) in [7, 11) is 0. The van der Waals surface area contributed by atoms with E-state index < -0.39 is 5.60 Å². The summed E-state index contributed by atoms with van der Waals surface area (Å²) in [5.74, 6) is 1.46. The first-order valence-corrected chi connectivity index (χ1v) is 8.72. The van der Waals surface area contributed by atoms with E-state index in [4.69, 9.17) is 0 Å². The molecule has 0 rings (SSSR count). The first kappa shape index (κ1) is 19.0. The Bertz CT molecular complexity index is 172. The van der Waals surface area contributed by atoms with Gasteiger partial charge in [-0.05, 0) is 25.7 Å². The smallest absolute Gasteiger partial charge is 0.0710 e. The highest BCUT2D eigenvalue weighted by Crippen LogP contribution is 2.37. The zero-order chi connectivity index (χ0) is 14.6. The number of aliphatic hydroxyl groups is 1. The Balaban J connectivity index is 4.64. The molecule has 0 saturated carbocycles. The molecule has 0 aromatic heterocycles. The third kappa shape index (κ3) is 7.97. The highest BCUT2D eigenvalue weighted by atomic mass is 16.3. The highest BCUT2D eigenvalue weighted by Gasteiger charge is 2.34. The molecule has 0 aliphatic carbocycles. The van der Waals surface area contributed by atoms with Gasteiger partial charge < -0.3 is 5.11 Å². The molecule has 0 aliphatic rings. The Hall–Kier alpha value is -0.0400. The lowest BCUT2D eigenvalue weighted by molar-refractivity contribution is 0.0232. The van der Waals surface area contributed by atoms with Crippen molar-refractivity contribution in [2.45, 2.75) is 110 Å². The van der Waals surface area contributed by atoms with Crippen LogP contribution in [0.2, 0.25) is 0 Å². The van der Waals surface area contributed by atoms with E-state index in [0.717, 1.165) is 38.5 Å². The van der Waals surface area contributed by atoms with Gasteiger partial charge in [0.15, 0.2) is 0 Å². The predicted molar refractivity (Wildman–Crippen MR) is 86.3 cm³/mol. The summed E-state index contributed by atoms with van der Waals surface area (Å²) < 4.78 is 0. The van der Waals surface area contributed by atoms with E-state index in [0.29, 0.717) is 0 Å². The van der Waals surface area contributed by atoms with Crippen molar-refractivity contribution >= 4 is 0 Å². The van der Waals surface area contributed by atoms with Crippen molar-refractivity contribution in [1.82, 2.24) is 0 Å². The molecule has 0 fully saturated rings. The van der Waals surface area contributed by atoms with Crippen LogP contribution in [0.5, 0.6) is 0 Å². The SMILES string of the molecule is CCCC[C](CCCC)C(O)(CCCC)CCCC. The van der Waals surface area contributed by atoms with E-state index in [-0.39, 0.29) is 0 Å². The van der Waals surface area contributed by atoms with Gasteiger partial charge in [0, 0.05) is 5.92 Å². The van der Waals surface area contributed by atoms with Crippen molar-refractivity contribution in [2.24, 2.45) is 0 Å². The number of hydrogen-bond donors (Lipinski definition) is 1. The predicted octanol–water partition coefficient (Wildman–Crippen LogP) is 6.05. The normalized spacial score (nSPS) is 12.3. The number of rotatable bonds is 13. The van der Waals surface area contributed by atoms with Gasteiger partial charge in [-0.1, -0.05) is 79.1 Å². The lowest BCUT2D eigenvalue weighted by Crippen LogP contribution is -2.36. The molecule has 0 unspecified atom stereocenters. The summed E-state index contributed by atoms with van der Waals surface area (Å²) in [5.41, 5.74) is -0.462. The largest absolute Gasteiger partial charge is 0.389 e. The van der Waals surface area contributed by atoms with Crippen LogP contribution in [-0.2, 0) is 0 Å². The fourth-order valence-electron chi connectivity index (χ4n) is 2.79. The molecule has 0 aromatic carbocycles. The van der Waals surface area contributed by atoms with Crippen molar-refractivity contribution in [1.29, 1.82) is 0 Å². The van der Waals surface area contributed by atoms with Crippen molar-refractivity contribution < 1.29 is 5.11 Å². The number of unbranched alkanes of at least 4 members (excludes halogenated alkanes) is 4. The second kappa shape index (κ2) is 11.8. The summed E-state index contributed by atoms with van der Waals surface area (Å²) in [6.07, 6.45) is 13.8. The minimum absolute atomic E-state index is 0.462. The van der Waals surface area contributed by atoms with Gasteiger partial charge in [-0.15, -0.1) is 0 Å². The highest BCUT2D eigenvalue weighted by molar-refractivity contribution is 5.08. The first-order chi connectivity index (χ1) is 9.14. The second-order valence-corrected chi connectivity index (χ2v) is 6.05. The molecule has 0 atom stereocenters. The van der Waals surface area contributed by atoms with Crippen LogP contribution in [0.1, 0.15) is 105 Å². The molecule has 19 heavy (non-hydrogen) atoms. The van der Waals surface area contributed by atoms with E-state index in [2.05, 4.69) is 27.7 Å². The zero-order valence-electron chi connectivity index (χ0n) is 13.9. The Morgan fingerprint density at radius 2 is 1.05 bits per heavy atom. The van der Waals surface area contributed by atoms with Gasteiger partial charge in [-0.3, -0.25) is 0 Å². The molecular weight excluding hydrogens is 232 g/mol. The van der Waals surface area contributed by atoms with E-state index in [1.165, 1.54) is 44.4 Å². The second-order valence-electron chi connectivity index (χ2n) is 6.05. The van der Waals surface area contributed by atoms with Crippen molar-refractivity contribution in [2.75, 3.05) is 0 Å². The molecule has 1 N–H and O–H groups in total. The maximum Gasteiger partial charge on any atom is 0.0710 e. The molecule has 0 spiro atoms. The van der Waals surface area contributed by atoms with Gasteiger partial charge in [-0.2, -0.15) is 0 Å². The zero-order valence-corrected chi connectivity index (χ0v) is 13.9. The molecule has 1 radical (unpaired) electrons. The van der Waals surface area contributed by atoms with Gasteiger partial charge in [-0.25, -0.2) is 0 Å². The molecule has 0 amide bonds. The fourth-order valence-corrected chi connectivity index (χ4v) is 2.79. The summed E-state index contributed by atoms with van der Waals surface area (Å²) in [4.78, 5) is 0. The van der Waals surface area contributed by atoms with Crippen LogP contribution < -0.4 is 0 Å².